The highest BCUT2D eigenvalue weighted by Crippen LogP contribution is 2.22. The summed E-state index contributed by atoms with van der Waals surface area (Å²) in [5.74, 6) is 0.508. The Labute approximate surface area is 168 Å². The van der Waals surface area contributed by atoms with Gasteiger partial charge in [-0.25, -0.2) is 4.98 Å². The Morgan fingerprint density at radius 1 is 1.07 bits per heavy atom. The third-order valence-electron chi connectivity index (χ3n) is 4.27. The lowest BCUT2D eigenvalue weighted by atomic mass is 10.0. The lowest BCUT2D eigenvalue weighted by Gasteiger charge is -2.13. The number of nitrogens with zero attached hydrogens (tertiary/aromatic N) is 1. The first-order valence-electron chi connectivity index (χ1n) is 9.05. The van der Waals surface area contributed by atoms with Gasteiger partial charge in [0.25, 0.3) is 5.56 Å². The van der Waals surface area contributed by atoms with Crippen LogP contribution in [0.25, 0.3) is 0 Å². The molecule has 0 spiro atoms. The van der Waals surface area contributed by atoms with Crippen molar-refractivity contribution in [2.75, 3.05) is 5.32 Å². The van der Waals surface area contributed by atoms with Crippen LogP contribution in [0.3, 0.4) is 0 Å². The van der Waals surface area contributed by atoms with Crippen molar-refractivity contribution in [3.63, 3.8) is 0 Å². The zero-order valence-electron chi connectivity index (χ0n) is 16.2. The molecular weight excluding hydrogens is 370 g/mol. The van der Waals surface area contributed by atoms with E-state index in [-0.39, 0.29) is 17.9 Å². The van der Waals surface area contributed by atoms with Crippen LogP contribution in [0.4, 0.5) is 5.69 Å². The highest BCUT2D eigenvalue weighted by molar-refractivity contribution is 7.98. The number of thioether (sulfide) groups is 1. The normalized spacial score (nSPS) is 10.7. The minimum Gasteiger partial charge on any atom is -0.325 e. The van der Waals surface area contributed by atoms with Crippen LogP contribution < -0.4 is 10.9 Å². The maximum absolute atomic E-state index is 12.5. The molecule has 0 aliphatic carbocycles. The number of anilines is 1. The minimum absolute atomic E-state index is 0.0512. The predicted molar refractivity (Wildman–Crippen MR) is 114 cm³/mol. The molecule has 1 aromatic heterocycles. The van der Waals surface area contributed by atoms with Gasteiger partial charge in [0.15, 0.2) is 5.16 Å². The summed E-state index contributed by atoms with van der Waals surface area (Å²) >= 11 is 1.44. The maximum atomic E-state index is 12.5. The molecule has 6 heteroatoms. The van der Waals surface area contributed by atoms with E-state index in [1.54, 1.807) is 0 Å². The summed E-state index contributed by atoms with van der Waals surface area (Å²) in [7, 11) is 0. The lowest BCUT2D eigenvalue weighted by molar-refractivity contribution is -0.115. The van der Waals surface area contributed by atoms with Gasteiger partial charge in [0, 0.05) is 17.5 Å². The number of H-pyrrole nitrogens is 1. The molecule has 0 atom stereocenters. The number of nitrogens with one attached hydrogen (secondary N) is 2. The van der Waals surface area contributed by atoms with Gasteiger partial charge in [-0.15, -0.1) is 0 Å². The fraction of sp³-hybridized carbons (Fsp3) is 0.227. The largest absolute Gasteiger partial charge is 0.325 e. The monoisotopic (exact) mass is 393 g/mol. The Hall–Kier alpha value is -2.86. The smallest absolute Gasteiger partial charge is 0.251 e. The number of hydrogen-bond acceptors (Lipinski definition) is 4. The first-order valence-corrected chi connectivity index (χ1v) is 10.0. The van der Waals surface area contributed by atoms with Gasteiger partial charge < -0.3 is 10.3 Å². The van der Waals surface area contributed by atoms with E-state index in [1.807, 2.05) is 63.2 Å². The van der Waals surface area contributed by atoms with Crippen molar-refractivity contribution in [3.8, 4) is 0 Å². The van der Waals surface area contributed by atoms with Crippen LogP contribution in [0.15, 0.2) is 58.5 Å². The molecule has 3 rings (SSSR count). The zero-order valence-corrected chi connectivity index (χ0v) is 17.0. The van der Waals surface area contributed by atoms with Gasteiger partial charge in [-0.3, -0.25) is 9.59 Å². The van der Waals surface area contributed by atoms with E-state index in [1.165, 1.54) is 17.8 Å². The van der Waals surface area contributed by atoms with Gasteiger partial charge in [0.05, 0.1) is 12.1 Å². The summed E-state index contributed by atoms with van der Waals surface area (Å²) in [6.45, 7) is 5.97. The Morgan fingerprint density at radius 3 is 2.43 bits per heavy atom. The van der Waals surface area contributed by atoms with Gasteiger partial charge in [-0.2, -0.15) is 0 Å². The van der Waals surface area contributed by atoms with Crippen LogP contribution in [0.2, 0.25) is 0 Å². The fourth-order valence-electron chi connectivity index (χ4n) is 3.09. The quantitative estimate of drug-likeness (QED) is 0.487. The summed E-state index contributed by atoms with van der Waals surface area (Å²) in [4.78, 5) is 31.6. The number of carbonyl (C=O) groups is 1. The molecule has 0 bridgehead atoms. The molecule has 0 saturated heterocycles. The third-order valence-corrected chi connectivity index (χ3v) is 5.22. The van der Waals surface area contributed by atoms with Crippen LogP contribution in [0, 0.1) is 20.8 Å². The maximum Gasteiger partial charge on any atom is 0.251 e. The molecule has 0 saturated carbocycles. The van der Waals surface area contributed by atoms with Gasteiger partial charge in [0.2, 0.25) is 5.91 Å². The summed E-state index contributed by atoms with van der Waals surface area (Å²) in [6, 6.07) is 15.4. The topological polar surface area (TPSA) is 74.8 Å². The van der Waals surface area contributed by atoms with E-state index in [2.05, 4.69) is 15.3 Å². The van der Waals surface area contributed by atoms with Crippen molar-refractivity contribution >= 4 is 23.4 Å². The van der Waals surface area contributed by atoms with Crippen molar-refractivity contribution < 1.29 is 4.79 Å². The summed E-state index contributed by atoms with van der Waals surface area (Å²) < 4.78 is 0. The molecule has 2 aromatic carbocycles. The molecule has 0 unspecified atom stereocenters. The summed E-state index contributed by atoms with van der Waals surface area (Å²) in [5, 5.41) is 3.47. The second-order valence-electron chi connectivity index (χ2n) is 6.81. The van der Waals surface area contributed by atoms with Crippen molar-refractivity contribution in [2.24, 2.45) is 0 Å². The van der Waals surface area contributed by atoms with Gasteiger partial charge in [-0.05, 0) is 37.5 Å². The van der Waals surface area contributed by atoms with E-state index in [4.69, 9.17) is 0 Å². The molecule has 0 aliphatic heterocycles. The molecule has 2 N–H and O–H groups in total. The predicted octanol–water partition coefficient (Wildman–Crippen LogP) is 4.17. The molecule has 1 amide bonds. The van der Waals surface area contributed by atoms with E-state index < -0.39 is 0 Å². The average molecular weight is 394 g/mol. The average Bonchev–Trinajstić information content (AvgIpc) is 2.63. The molecule has 0 radical (unpaired) electrons. The van der Waals surface area contributed by atoms with Crippen LogP contribution >= 0.6 is 11.8 Å². The lowest BCUT2D eigenvalue weighted by Crippen LogP contribution is -2.19. The molecule has 0 aliphatic rings. The van der Waals surface area contributed by atoms with Crippen molar-refractivity contribution in [2.45, 2.75) is 38.1 Å². The number of hydrogen-bond donors (Lipinski definition) is 2. The highest BCUT2D eigenvalue weighted by Gasteiger charge is 2.11. The zero-order chi connectivity index (χ0) is 20.1. The molecule has 5 nitrogen and oxygen atoms in total. The van der Waals surface area contributed by atoms with E-state index in [0.717, 1.165) is 27.9 Å². The van der Waals surface area contributed by atoms with E-state index >= 15 is 0 Å². The second kappa shape index (κ2) is 8.89. The minimum atomic E-state index is -0.254. The van der Waals surface area contributed by atoms with Gasteiger partial charge in [-0.1, -0.05) is 59.8 Å². The first kappa shape index (κ1) is 19.9. The Balaban J connectivity index is 1.69. The van der Waals surface area contributed by atoms with Crippen molar-refractivity contribution in [1.29, 1.82) is 0 Å². The Kier molecular flexibility index (Phi) is 6.31. The fourth-order valence-corrected chi connectivity index (χ4v) is 3.94. The standard InChI is InChI=1S/C22H23N3O2S/c1-14-9-15(2)21(16(3)10-14)24-19(26)11-18-12-20(27)25-22(23-18)28-13-17-7-5-4-6-8-17/h4-10,12H,11,13H2,1-3H3,(H,24,26)(H,23,25,27). The number of benzene rings is 2. The SMILES string of the molecule is Cc1cc(C)c(NC(=O)Cc2cc(=O)[nH]c(SCc3ccccc3)n2)c(C)c1. The van der Waals surface area contributed by atoms with Gasteiger partial charge in [0.1, 0.15) is 0 Å². The molecule has 1 heterocycles. The van der Waals surface area contributed by atoms with Gasteiger partial charge >= 0.3 is 0 Å². The number of aromatic nitrogens is 2. The number of carbonyl (C=O) groups excluding carboxylic acids is 1. The summed E-state index contributed by atoms with van der Waals surface area (Å²) in [5.41, 5.74) is 5.36. The van der Waals surface area contributed by atoms with Crippen LogP contribution in [0.1, 0.15) is 27.9 Å². The molecule has 3 aromatic rings. The summed E-state index contributed by atoms with van der Waals surface area (Å²) in [6.07, 6.45) is 0.0512. The number of aromatic amines is 1. The third kappa shape index (κ3) is 5.33. The Morgan fingerprint density at radius 2 is 1.75 bits per heavy atom. The second-order valence-corrected chi connectivity index (χ2v) is 7.78. The van der Waals surface area contributed by atoms with E-state index in [0.29, 0.717) is 16.6 Å². The number of amides is 1. The van der Waals surface area contributed by atoms with Crippen LogP contribution in [0.5, 0.6) is 0 Å². The molecule has 0 fully saturated rings. The van der Waals surface area contributed by atoms with Crippen LogP contribution in [-0.4, -0.2) is 15.9 Å². The molecule has 28 heavy (non-hydrogen) atoms. The van der Waals surface area contributed by atoms with Crippen molar-refractivity contribution in [3.05, 3.63) is 86.8 Å². The number of aryl methyl sites for hydroxylation is 3. The molecular formula is C22H23N3O2S. The van der Waals surface area contributed by atoms with Crippen LogP contribution in [-0.2, 0) is 17.0 Å². The number of rotatable bonds is 6. The molecule has 144 valence electrons. The highest BCUT2D eigenvalue weighted by atomic mass is 32.2. The Bertz CT molecular complexity index is 1020. The first-order chi connectivity index (χ1) is 13.4. The van der Waals surface area contributed by atoms with E-state index in [9.17, 15) is 9.59 Å². The van der Waals surface area contributed by atoms with Crippen molar-refractivity contribution in [1.82, 2.24) is 9.97 Å².